The van der Waals surface area contributed by atoms with Crippen LogP contribution in [0, 0.1) is 5.92 Å². The summed E-state index contributed by atoms with van der Waals surface area (Å²) in [6.07, 6.45) is 4.90. The van der Waals surface area contributed by atoms with Crippen LogP contribution in [0.1, 0.15) is 43.9 Å². The Morgan fingerprint density at radius 2 is 2.06 bits per heavy atom. The first-order valence-electron chi connectivity index (χ1n) is 6.65. The number of nitrogens with one attached hydrogen (secondary N) is 2. The van der Waals surface area contributed by atoms with Crippen LogP contribution in [0.2, 0.25) is 0 Å². The molecule has 1 saturated heterocycles. The Bertz CT molecular complexity index is 421. The van der Waals surface area contributed by atoms with Gasteiger partial charge in [-0.15, -0.1) is 5.10 Å². The van der Waals surface area contributed by atoms with Crippen molar-refractivity contribution in [2.45, 2.75) is 38.0 Å². The smallest absolute Gasteiger partial charge is 0.322 e. The zero-order chi connectivity index (χ0) is 12.4. The van der Waals surface area contributed by atoms with E-state index in [0.29, 0.717) is 24.1 Å². The second-order valence-corrected chi connectivity index (χ2v) is 5.17. The Labute approximate surface area is 106 Å². The highest BCUT2D eigenvalue weighted by molar-refractivity contribution is 5.88. The zero-order valence-electron chi connectivity index (χ0n) is 10.3. The molecule has 1 aromatic heterocycles. The molecular formula is C12H18N4O2. The molecule has 18 heavy (non-hydrogen) atoms. The standard InChI is InChI=1S/C12H18N4O2/c17-10(7-8-3-5-13-6-4-8)14-12-16-15-11(18-12)9-1-2-9/h8-9,13H,1-7H2,(H,14,16,17). The molecule has 0 unspecified atom stereocenters. The topological polar surface area (TPSA) is 80.0 Å². The van der Waals surface area contributed by atoms with Crippen molar-refractivity contribution in [3.63, 3.8) is 0 Å². The van der Waals surface area contributed by atoms with Gasteiger partial charge >= 0.3 is 6.01 Å². The van der Waals surface area contributed by atoms with Crippen molar-refractivity contribution < 1.29 is 9.21 Å². The summed E-state index contributed by atoms with van der Waals surface area (Å²) in [7, 11) is 0. The monoisotopic (exact) mass is 250 g/mol. The van der Waals surface area contributed by atoms with E-state index in [1.807, 2.05) is 0 Å². The average Bonchev–Trinajstić information content (AvgIpc) is 3.12. The van der Waals surface area contributed by atoms with E-state index in [-0.39, 0.29) is 11.9 Å². The summed E-state index contributed by atoms with van der Waals surface area (Å²) in [6, 6.07) is 0.246. The van der Waals surface area contributed by atoms with Crippen LogP contribution in [0.25, 0.3) is 0 Å². The minimum atomic E-state index is -0.0205. The van der Waals surface area contributed by atoms with Gasteiger partial charge in [-0.1, -0.05) is 5.10 Å². The number of hydrogen-bond acceptors (Lipinski definition) is 5. The molecule has 1 saturated carbocycles. The van der Waals surface area contributed by atoms with Crippen molar-refractivity contribution in [2.24, 2.45) is 5.92 Å². The van der Waals surface area contributed by atoms with Crippen LogP contribution in [-0.4, -0.2) is 29.2 Å². The Morgan fingerprint density at radius 3 is 2.78 bits per heavy atom. The summed E-state index contributed by atoms with van der Waals surface area (Å²) in [4.78, 5) is 11.8. The van der Waals surface area contributed by atoms with Crippen LogP contribution in [-0.2, 0) is 4.79 Å². The van der Waals surface area contributed by atoms with Crippen molar-refractivity contribution in [1.82, 2.24) is 15.5 Å². The van der Waals surface area contributed by atoms with Gasteiger partial charge in [0.05, 0.1) is 0 Å². The van der Waals surface area contributed by atoms with Crippen molar-refractivity contribution >= 4 is 11.9 Å². The lowest BCUT2D eigenvalue weighted by Gasteiger charge is -2.21. The van der Waals surface area contributed by atoms with E-state index < -0.39 is 0 Å². The van der Waals surface area contributed by atoms with Crippen molar-refractivity contribution in [3.8, 4) is 0 Å². The maximum absolute atomic E-state index is 11.8. The van der Waals surface area contributed by atoms with Gasteiger partial charge < -0.3 is 9.73 Å². The molecule has 1 aromatic rings. The minimum Gasteiger partial charge on any atom is -0.408 e. The number of nitrogens with zero attached hydrogens (tertiary/aromatic N) is 2. The quantitative estimate of drug-likeness (QED) is 0.841. The number of rotatable bonds is 4. The van der Waals surface area contributed by atoms with E-state index in [1.165, 1.54) is 0 Å². The predicted octanol–water partition coefficient (Wildman–Crippen LogP) is 1.28. The van der Waals surface area contributed by atoms with E-state index in [2.05, 4.69) is 20.8 Å². The first kappa shape index (κ1) is 11.6. The van der Waals surface area contributed by atoms with Crippen LogP contribution >= 0.6 is 0 Å². The van der Waals surface area contributed by atoms with E-state index in [9.17, 15) is 4.79 Å². The molecule has 2 N–H and O–H groups in total. The number of hydrogen-bond donors (Lipinski definition) is 2. The fourth-order valence-corrected chi connectivity index (χ4v) is 2.30. The third-order valence-electron chi connectivity index (χ3n) is 3.55. The summed E-state index contributed by atoms with van der Waals surface area (Å²) in [5, 5.41) is 13.8. The van der Waals surface area contributed by atoms with Gasteiger partial charge in [0.15, 0.2) is 0 Å². The van der Waals surface area contributed by atoms with Gasteiger partial charge in [0.1, 0.15) is 0 Å². The lowest BCUT2D eigenvalue weighted by atomic mass is 9.94. The largest absolute Gasteiger partial charge is 0.408 e. The average molecular weight is 250 g/mol. The summed E-state index contributed by atoms with van der Waals surface area (Å²) in [5.74, 6) is 1.53. The molecule has 98 valence electrons. The molecule has 2 heterocycles. The highest BCUT2D eigenvalue weighted by Crippen LogP contribution is 2.39. The highest BCUT2D eigenvalue weighted by Gasteiger charge is 2.29. The predicted molar refractivity (Wildman–Crippen MR) is 65.1 cm³/mol. The Morgan fingerprint density at radius 1 is 1.28 bits per heavy atom. The maximum atomic E-state index is 11.8. The van der Waals surface area contributed by atoms with Crippen LogP contribution in [0.5, 0.6) is 0 Å². The third-order valence-corrected chi connectivity index (χ3v) is 3.55. The van der Waals surface area contributed by atoms with Gasteiger partial charge in [0, 0.05) is 12.3 Å². The number of amides is 1. The number of anilines is 1. The fraction of sp³-hybridized carbons (Fsp3) is 0.750. The van der Waals surface area contributed by atoms with Crippen LogP contribution in [0.4, 0.5) is 6.01 Å². The number of piperidine rings is 1. The van der Waals surface area contributed by atoms with Crippen molar-refractivity contribution in [2.75, 3.05) is 18.4 Å². The molecule has 2 fully saturated rings. The lowest BCUT2D eigenvalue weighted by Crippen LogP contribution is -2.30. The summed E-state index contributed by atoms with van der Waals surface area (Å²) >= 11 is 0. The molecule has 0 bridgehead atoms. The number of carbonyl (C=O) groups excluding carboxylic acids is 1. The molecule has 0 spiro atoms. The molecule has 0 aromatic carbocycles. The number of carbonyl (C=O) groups is 1. The molecule has 1 aliphatic heterocycles. The first-order chi connectivity index (χ1) is 8.81. The second kappa shape index (κ2) is 5.06. The highest BCUT2D eigenvalue weighted by atomic mass is 16.4. The zero-order valence-corrected chi connectivity index (χ0v) is 10.3. The molecule has 3 rings (SSSR count). The van der Waals surface area contributed by atoms with Gasteiger partial charge in [-0.2, -0.15) is 0 Å². The van der Waals surface area contributed by atoms with Gasteiger partial charge in [-0.3, -0.25) is 10.1 Å². The number of aromatic nitrogens is 2. The Kier molecular flexibility index (Phi) is 3.27. The molecule has 0 radical (unpaired) electrons. The Hall–Kier alpha value is -1.43. The third kappa shape index (κ3) is 2.87. The Balaban J connectivity index is 1.49. The van der Waals surface area contributed by atoms with Crippen LogP contribution in [0.3, 0.4) is 0 Å². The molecule has 2 aliphatic rings. The van der Waals surface area contributed by atoms with Gasteiger partial charge in [0.25, 0.3) is 0 Å². The summed E-state index contributed by atoms with van der Waals surface area (Å²) < 4.78 is 5.40. The van der Waals surface area contributed by atoms with E-state index in [0.717, 1.165) is 38.8 Å². The molecular weight excluding hydrogens is 232 g/mol. The summed E-state index contributed by atoms with van der Waals surface area (Å²) in [6.45, 7) is 2.01. The summed E-state index contributed by atoms with van der Waals surface area (Å²) in [5.41, 5.74) is 0. The van der Waals surface area contributed by atoms with E-state index in [1.54, 1.807) is 0 Å². The molecule has 0 atom stereocenters. The normalized spacial score (nSPS) is 20.9. The van der Waals surface area contributed by atoms with Crippen LogP contribution < -0.4 is 10.6 Å². The molecule has 6 nitrogen and oxygen atoms in total. The van der Waals surface area contributed by atoms with Crippen molar-refractivity contribution in [1.29, 1.82) is 0 Å². The van der Waals surface area contributed by atoms with E-state index >= 15 is 0 Å². The van der Waals surface area contributed by atoms with Crippen LogP contribution in [0.15, 0.2) is 4.42 Å². The molecule has 6 heteroatoms. The van der Waals surface area contributed by atoms with Gasteiger partial charge in [-0.05, 0) is 44.7 Å². The lowest BCUT2D eigenvalue weighted by molar-refractivity contribution is -0.117. The first-order valence-corrected chi connectivity index (χ1v) is 6.65. The SMILES string of the molecule is O=C(CC1CCNCC1)Nc1nnc(C2CC2)o1. The molecule has 1 amide bonds. The van der Waals surface area contributed by atoms with Crippen molar-refractivity contribution in [3.05, 3.63) is 5.89 Å². The molecule has 1 aliphatic carbocycles. The fourth-order valence-electron chi connectivity index (χ4n) is 2.30. The maximum Gasteiger partial charge on any atom is 0.322 e. The minimum absolute atomic E-state index is 0.0205. The van der Waals surface area contributed by atoms with Gasteiger partial charge in [0.2, 0.25) is 11.8 Å². The van der Waals surface area contributed by atoms with E-state index in [4.69, 9.17) is 4.42 Å². The second-order valence-electron chi connectivity index (χ2n) is 5.17. The van der Waals surface area contributed by atoms with Gasteiger partial charge in [-0.25, -0.2) is 0 Å².